The smallest absolute Gasteiger partial charge is 0.307 e. The summed E-state index contributed by atoms with van der Waals surface area (Å²) in [6.45, 7) is 8.47. The molecular formula is C12H20N2O2S. The van der Waals surface area contributed by atoms with Crippen LogP contribution >= 0.6 is 11.3 Å². The number of nitrogens with zero attached hydrogens (tertiary/aromatic N) is 1. The first-order chi connectivity index (χ1) is 7.91. The van der Waals surface area contributed by atoms with Gasteiger partial charge < -0.3 is 9.88 Å². The quantitative estimate of drug-likeness (QED) is 0.873. The Morgan fingerprint density at radius 3 is 2.59 bits per heavy atom. The molecule has 1 rings (SSSR count). The summed E-state index contributed by atoms with van der Waals surface area (Å²) in [5, 5.41) is 4.75. The van der Waals surface area contributed by atoms with Gasteiger partial charge in [0, 0.05) is 30.1 Å². The number of carbonyl (C=O) groups excluding carboxylic acids is 1. The third-order valence-corrected chi connectivity index (χ3v) is 3.81. The molecule has 0 aliphatic rings. The van der Waals surface area contributed by atoms with Crippen molar-refractivity contribution in [2.75, 3.05) is 0 Å². The number of amides is 1. The highest BCUT2D eigenvalue weighted by molar-refractivity contribution is 7.07. The number of thiazole rings is 1. The van der Waals surface area contributed by atoms with E-state index >= 15 is 0 Å². The van der Waals surface area contributed by atoms with Gasteiger partial charge in [-0.25, -0.2) is 0 Å². The van der Waals surface area contributed by atoms with Crippen molar-refractivity contribution in [2.24, 2.45) is 5.92 Å². The van der Waals surface area contributed by atoms with Crippen molar-refractivity contribution in [2.45, 2.75) is 46.7 Å². The molecule has 0 unspecified atom stereocenters. The van der Waals surface area contributed by atoms with Gasteiger partial charge in [-0.05, 0) is 19.8 Å². The molecule has 0 spiro atoms. The third-order valence-electron chi connectivity index (χ3n) is 2.93. The maximum absolute atomic E-state index is 11.7. The zero-order chi connectivity index (χ0) is 13.0. The van der Waals surface area contributed by atoms with Crippen LogP contribution in [0.3, 0.4) is 0 Å². The van der Waals surface area contributed by atoms with E-state index in [1.807, 2.05) is 19.2 Å². The lowest BCUT2D eigenvalue weighted by molar-refractivity contribution is -0.122. The summed E-state index contributed by atoms with van der Waals surface area (Å²) >= 11 is 1.18. The summed E-state index contributed by atoms with van der Waals surface area (Å²) in [6, 6.07) is 0.169. The van der Waals surface area contributed by atoms with E-state index in [1.165, 1.54) is 11.3 Å². The molecule has 4 nitrogen and oxygen atoms in total. The Morgan fingerprint density at radius 2 is 2.12 bits per heavy atom. The van der Waals surface area contributed by atoms with Crippen LogP contribution in [0.4, 0.5) is 0 Å². The Morgan fingerprint density at radius 1 is 1.47 bits per heavy atom. The Bertz CT molecular complexity index is 434. The van der Waals surface area contributed by atoms with Gasteiger partial charge in [-0.3, -0.25) is 9.59 Å². The number of rotatable bonds is 5. The lowest BCUT2D eigenvalue weighted by Gasteiger charge is -2.17. The van der Waals surface area contributed by atoms with E-state index in [-0.39, 0.29) is 16.8 Å². The fourth-order valence-corrected chi connectivity index (χ4v) is 2.14. The monoisotopic (exact) mass is 256 g/mol. The SMILES string of the molecule is Cc1csc(=O)n1CCC(=O)N[C@@H](C)C(C)C. The molecule has 1 heterocycles. The molecule has 5 heteroatoms. The minimum atomic E-state index is 0.00343. The Hall–Kier alpha value is -1.10. The second kappa shape index (κ2) is 6.00. The minimum Gasteiger partial charge on any atom is -0.353 e. The van der Waals surface area contributed by atoms with Gasteiger partial charge in [0.15, 0.2) is 0 Å². The first-order valence-corrected chi connectivity index (χ1v) is 6.74. The average molecular weight is 256 g/mol. The van der Waals surface area contributed by atoms with Gasteiger partial charge in [0.05, 0.1) is 0 Å². The maximum Gasteiger partial charge on any atom is 0.307 e. The molecule has 0 fully saturated rings. The molecule has 1 atom stereocenters. The Kier molecular flexibility index (Phi) is 4.93. The normalized spacial score (nSPS) is 12.8. The van der Waals surface area contributed by atoms with Crippen molar-refractivity contribution in [3.63, 3.8) is 0 Å². The Balaban J connectivity index is 2.47. The summed E-state index contributed by atoms with van der Waals surface area (Å²) in [5.74, 6) is 0.424. The molecular weight excluding hydrogens is 236 g/mol. The summed E-state index contributed by atoms with van der Waals surface area (Å²) in [5.41, 5.74) is 0.921. The highest BCUT2D eigenvalue weighted by Gasteiger charge is 2.11. The van der Waals surface area contributed by atoms with Crippen molar-refractivity contribution >= 4 is 17.2 Å². The number of aromatic nitrogens is 1. The first-order valence-electron chi connectivity index (χ1n) is 5.86. The second-order valence-corrected chi connectivity index (χ2v) is 5.47. The van der Waals surface area contributed by atoms with E-state index in [4.69, 9.17) is 0 Å². The van der Waals surface area contributed by atoms with Gasteiger partial charge in [-0.1, -0.05) is 25.2 Å². The molecule has 0 saturated carbocycles. The van der Waals surface area contributed by atoms with Gasteiger partial charge >= 0.3 is 4.87 Å². The lowest BCUT2D eigenvalue weighted by Crippen LogP contribution is -2.36. The van der Waals surface area contributed by atoms with Crippen LogP contribution < -0.4 is 10.2 Å². The van der Waals surface area contributed by atoms with Crippen molar-refractivity contribution in [1.29, 1.82) is 0 Å². The summed E-state index contributed by atoms with van der Waals surface area (Å²) in [7, 11) is 0. The Labute approximate surface area is 106 Å². The molecule has 17 heavy (non-hydrogen) atoms. The van der Waals surface area contributed by atoms with E-state index in [2.05, 4.69) is 19.2 Å². The summed E-state index contributed by atoms with van der Waals surface area (Å²) in [4.78, 5) is 23.1. The van der Waals surface area contributed by atoms with Crippen LogP contribution in [0.25, 0.3) is 0 Å². The number of hydrogen-bond donors (Lipinski definition) is 1. The standard InChI is InChI=1S/C12H20N2O2S/c1-8(2)10(4)13-11(15)5-6-14-9(3)7-17-12(14)16/h7-8,10H,5-6H2,1-4H3,(H,13,15)/t10-/m0/s1. The van der Waals surface area contributed by atoms with Crippen LogP contribution in [-0.4, -0.2) is 16.5 Å². The molecule has 0 aromatic carbocycles. The summed E-state index contributed by atoms with van der Waals surface area (Å²) < 4.78 is 1.64. The van der Waals surface area contributed by atoms with Gasteiger partial charge in [0.2, 0.25) is 5.91 Å². The molecule has 0 bridgehead atoms. The van der Waals surface area contributed by atoms with Gasteiger partial charge in [0.25, 0.3) is 0 Å². The lowest BCUT2D eigenvalue weighted by atomic mass is 10.1. The third kappa shape index (κ3) is 4.00. The molecule has 0 radical (unpaired) electrons. The molecule has 0 saturated heterocycles. The fraction of sp³-hybridized carbons (Fsp3) is 0.667. The van der Waals surface area contributed by atoms with Crippen molar-refractivity contribution < 1.29 is 4.79 Å². The van der Waals surface area contributed by atoms with Gasteiger partial charge in [0.1, 0.15) is 0 Å². The largest absolute Gasteiger partial charge is 0.353 e. The zero-order valence-electron chi connectivity index (χ0n) is 10.8. The highest BCUT2D eigenvalue weighted by atomic mass is 32.1. The molecule has 1 amide bonds. The van der Waals surface area contributed by atoms with Crippen LogP contribution in [0.15, 0.2) is 10.2 Å². The first kappa shape index (κ1) is 14.0. The van der Waals surface area contributed by atoms with Crippen LogP contribution in [0.2, 0.25) is 0 Å². The van der Waals surface area contributed by atoms with Crippen LogP contribution in [0.5, 0.6) is 0 Å². The van der Waals surface area contributed by atoms with E-state index in [9.17, 15) is 9.59 Å². The topological polar surface area (TPSA) is 51.1 Å². The van der Waals surface area contributed by atoms with Crippen molar-refractivity contribution in [3.8, 4) is 0 Å². The van der Waals surface area contributed by atoms with Crippen molar-refractivity contribution in [1.82, 2.24) is 9.88 Å². The van der Waals surface area contributed by atoms with Gasteiger partial charge in [-0.2, -0.15) is 0 Å². The number of hydrogen-bond acceptors (Lipinski definition) is 3. The fourth-order valence-electron chi connectivity index (χ4n) is 1.38. The minimum absolute atomic E-state index is 0.00343. The molecule has 96 valence electrons. The molecule has 1 N–H and O–H groups in total. The van der Waals surface area contributed by atoms with E-state index in [1.54, 1.807) is 4.57 Å². The van der Waals surface area contributed by atoms with E-state index < -0.39 is 0 Å². The predicted octanol–water partition coefficient (Wildman–Crippen LogP) is 1.77. The average Bonchev–Trinajstić information content (AvgIpc) is 2.56. The molecule has 1 aromatic rings. The number of aryl methyl sites for hydroxylation is 1. The van der Waals surface area contributed by atoms with Crippen molar-refractivity contribution in [3.05, 3.63) is 20.7 Å². The molecule has 0 aliphatic heterocycles. The molecule has 0 aliphatic carbocycles. The highest BCUT2D eigenvalue weighted by Crippen LogP contribution is 2.03. The second-order valence-electron chi connectivity index (χ2n) is 4.64. The van der Waals surface area contributed by atoms with Crippen LogP contribution in [0.1, 0.15) is 32.9 Å². The van der Waals surface area contributed by atoms with Crippen LogP contribution in [0, 0.1) is 12.8 Å². The number of carbonyl (C=O) groups is 1. The van der Waals surface area contributed by atoms with Gasteiger partial charge in [-0.15, -0.1) is 0 Å². The van der Waals surface area contributed by atoms with E-state index in [0.717, 1.165) is 5.69 Å². The zero-order valence-corrected chi connectivity index (χ0v) is 11.6. The maximum atomic E-state index is 11.7. The summed E-state index contributed by atoms with van der Waals surface area (Å²) in [6.07, 6.45) is 0.356. The molecule has 1 aromatic heterocycles. The van der Waals surface area contributed by atoms with Crippen LogP contribution in [-0.2, 0) is 11.3 Å². The van der Waals surface area contributed by atoms with E-state index in [0.29, 0.717) is 18.9 Å². The number of nitrogens with one attached hydrogen (secondary N) is 1. The predicted molar refractivity (Wildman–Crippen MR) is 70.4 cm³/mol.